The van der Waals surface area contributed by atoms with Crippen molar-refractivity contribution in [3.63, 3.8) is 0 Å². The summed E-state index contributed by atoms with van der Waals surface area (Å²) in [7, 11) is 0. The SMILES string of the molecule is CC[B-]1(CC)OC(C)(C)CC(C)(C)[O+]1. The lowest BCUT2D eigenvalue weighted by molar-refractivity contribution is -0.0910. The Hall–Kier alpha value is -0.0151. The maximum Gasteiger partial charge on any atom is 0.487 e. The minimum Gasteiger partial charge on any atom is -0.512 e. The van der Waals surface area contributed by atoms with Gasteiger partial charge in [-0.3, -0.25) is 0 Å². The van der Waals surface area contributed by atoms with Crippen LogP contribution >= 0.6 is 0 Å². The van der Waals surface area contributed by atoms with E-state index in [4.69, 9.17) is 9.31 Å². The molecule has 0 amide bonds. The molecule has 1 aliphatic rings. The van der Waals surface area contributed by atoms with Crippen LogP contribution in [0.3, 0.4) is 0 Å². The molecule has 0 spiro atoms. The maximum absolute atomic E-state index is 6.14. The molecule has 14 heavy (non-hydrogen) atoms. The van der Waals surface area contributed by atoms with E-state index in [9.17, 15) is 0 Å². The molecule has 0 aromatic heterocycles. The van der Waals surface area contributed by atoms with Gasteiger partial charge in [0.1, 0.15) is 0 Å². The summed E-state index contributed by atoms with van der Waals surface area (Å²) in [6, 6.07) is 0. The van der Waals surface area contributed by atoms with Crippen molar-refractivity contribution in [3.05, 3.63) is 0 Å². The highest BCUT2D eigenvalue weighted by atomic mass is 16.6. The zero-order chi connectivity index (χ0) is 11.0. The first-order chi connectivity index (χ1) is 6.24. The number of rotatable bonds is 2. The highest BCUT2D eigenvalue weighted by molar-refractivity contribution is 6.67. The monoisotopic (exact) mass is 199 g/mol. The van der Waals surface area contributed by atoms with Crippen molar-refractivity contribution in [2.24, 2.45) is 0 Å². The molecule has 1 fully saturated rings. The van der Waals surface area contributed by atoms with Crippen molar-refractivity contribution < 1.29 is 9.31 Å². The molecular formula is C11H24BO2. The van der Waals surface area contributed by atoms with Gasteiger partial charge in [0.25, 0.3) is 0 Å². The molecule has 3 heteroatoms. The minimum atomic E-state index is -1.06. The third-order valence-corrected chi connectivity index (χ3v) is 3.16. The maximum atomic E-state index is 6.14. The highest BCUT2D eigenvalue weighted by Crippen LogP contribution is 2.40. The summed E-state index contributed by atoms with van der Waals surface area (Å²) >= 11 is 0. The van der Waals surface area contributed by atoms with Crippen LogP contribution in [0.4, 0.5) is 0 Å². The van der Waals surface area contributed by atoms with E-state index in [-0.39, 0.29) is 11.2 Å². The second kappa shape index (κ2) is 3.53. The summed E-state index contributed by atoms with van der Waals surface area (Å²) in [6.07, 6.45) is 2.91. The van der Waals surface area contributed by atoms with Crippen LogP contribution in [0.25, 0.3) is 0 Å². The molecule has 0 aromatic rings. The van der Waals surface area contributed by atoms with Crippen molar-refractivity contribution in [1.29, 1.82) is 0 Å². The molecule has 1 radical (unpaired) electrons. The average Bonchev–Trinajstić information content (AvgIpc) is 1.98. The van der Waals surface area contributed by atoms with Gasteiger partial charge < -0.3 is 9.31 Å². The molecule has 0 aromatic carbocycles. The normalized spacial score (nSPS) is 28.7. The van der Waals surface area contributed by atoms with Crippen LogP contribution in [-0.2, 0) is 9.31 Å². The Morgan fingerprint density at radius 1 is 1.14 bits per heavy atom. The van der Waals surface area contributed by atoms with Crippen LogP contribution in [0.1, 0.15) is 48.0 Å². The van der Waals surface area contributed by atoms with Gasteiger partial charge in [0, 0.05) is 25.9 Å². The fraction of sp³-hybridized carbons (Fsp3) is 1.00. The zero-order valence-electron chi connectivity index (χ0n) is 10.5. The highest BCUT2D eigenvalue weighted by Gasteiger charge is 2.53. The van der Waals surface area contributed by atoms with Crippen LogP contribution in [0.15, 0.2) is 0 Å². The predicted octanol–water partition coefficient (Wildman–Crippen LogP) is 3.46. The first-order valence-corrected chi connectivity index (χ1v) is 5.82. The van der Waals surface area contributed by atoms with Gasteiger partial charge in [-0.05, 0) is 13.8 Å². The van der Waals surface area contributed by atoms with Crippen LogP contribution in [0, 0.1) is 0 Å². The molecule has 1 rings (SSSR count). The fourth-order valence-electron chi connectivity index (χ4n) is 2.92. The van der Waals surface area contributed by atoms with Gasteiger partial charge in [-0.2, -0.15) is 0 Å². The van der Waals surface area contributed by atoms with E-state index in [1.54, 1.807) is 0 Å². The molecule has 0 saturated carbocycles. The molecular weight excluding hydrogens is 175 g/mol. The Balaban J connectivity index is 2.90. The van der Waals surface area contributed by atoms with E-state index in [1.807, 2.05) is 0 Å². The third kappa shape index (κ3) is 2.51. The topological polar surface area (TPSA) is 20.5 Å². The van der Waals surface area contributed by atoms with Crippen molar-refractivity contribution in [2.45, 2.75) is 71.8 Å². The van der Waals surface area contributed by atoms with Crippen LogP contribution < -0.4 is 0 Å². The summed E-state index contributed by atoms with van der Waals surface area (Å²) in [6.45, 7) is 11.9. The Bertz CT molecular complexity index is 189. The van der Waals surface area contributed by atoms with Gasteiger partial charge in [-0.25, -0.2) is 0 Å². The molecule has 1 heterocycles. The van der Waals surface area contributed by atoms with Gasteiger partial charge in [0.15, 0.2) is 5.60 Å². The van der Waals surface area contributed by atoms with Gasteiger partial charge in [0.2, 0.25) is 0 Å². The molecule has 0 atom stereocenters. The number of hydrogen-bond acceptors (Lipinski definition) is 2. The van der Waals surface area contributed by atoms with Crippen LogP contribution in [0.2, 0.25) is 12.6 Å². The fourth-order valence-corrected chi connectivity index (χ4v) is 2.92. The third-order valence-electron chi connectivity index (χ3n) is 3.16. The summed E-state index contributed by atoms with van der Waals surface area (Å²) in [5, 5.41) is 0. The largest absolute Gasteiger partial charge is 0.512 e. The molecule has 1 aliphatic heterocycles. The summed E-state index contributed by atoms with van der Waals surface area (Å²) < 4.78 is 12.3. The van der Waals surface area contributed by atoms with E-state index in [2.05, 4.69) is 41.5 Å². The van der Waals surface area contributed by atoms with E-state index in [1.165, 1.54) is 0 Å². The standard InChI is InChI=1S/C11H24BO2/c1-7-12(8-2)13-10(3,4)9-11(5,6)14-12/h7-9H2,1-6H3. The first kappa shape index (κ1) is 12.1. The van der Waals surface area contributed by atoms with Gasteiger partial charge >= 0.3 is 6.55 Å². The molecule has 0 bridgehead atoms. The van der Waals surface area contributed by atoms with Gasteiger partial charge in [-0.1, -0.05) is 26.5 Å². The first-order valence-electron chi connectivity index (χ1n) is 5.82. The second-order valence-electron chi connectivity index (χ2n) is 5.80. The lowest BCUT2D eigenvalue weighted by Crippen LogP contribution is -2.59. The Morgan fingerprint density at radius 3 is 2.00 bits per heavy atom. The smallest absolute Gasteiger partial charge is 0.487 e. The van der Waals surface area contributed by atoms with Crippen molar-refractivity contribution in [1.82, 2.24) is 0 Å². The second-order valence-corrected chi connectivity index (χ2v) is 5.80. The number of hydrogen-bond donors (Lipinski definition) is 0. The van der Waals surface area contributed by atoms with Gasteiger partial charge in [0.05, 0.1) is 0 Å². The summed E-state index contributed by atoms with van der Waals surface area (Å²) in [5.41, 5.74) is -0.0957. The van der Waals surface area contributed by atoms with Crippen molar-refractivity contribution >= 4 is 6.55 Å². The lowest BCUT2D eigenvalue weighted by Gasteiger charge is -2.48. The van der Waals surface area contributed by atoms with Crippen LogP contribution in [-0.4, -0.2) is 17.8 Å². The van der Waals surface area contributed by atoms with Crippen LogP contribution in [0.5, 0.6) is 0 Å². The van der Waals surface area contributed by atoms with E-state index in [0.717, 1.165) is 19.1 Å². The predicted molar refractivity (Wildman–Crippen MR) is 61.7 cm³/mol. The average molecular weight is 199 g/mol. The quantitative estimate of drug-likeness (QED) is 0.501. The van der Waals surface area contributed by atoms with Crippen molar-refractivity contribution in [2.75, 3.05) is 0 Å². The summed E-state index contributed by atoms with van der Waals surface area (Å²) in [5.74, 6) is 0. The molecule has 2 nitrogen and oxygen atoms in total. The molecule has 0 unspecified atom stereocenters. The molecule has 83 valence electrons. The van der Waals surface area contributed by atoms with E-state index >= 15 is 0 Å². The molecule has 0 N–H and O–H groups in total. The van der Waals surface area contributed by atoms with E-state index in [0.29, 0.717) is 0 Å². The Morgan fingerprint density at radius 2 is 1.64 bits per heavy atom. The lowest BCUT2D eigenvalue weighted by atomic mass is 9.50. The van der Waals surface area contributed by atoms with Crippen molar-refractivity contribution in [3.8, 4) is 0 Å². The summed E-state index contributed by atoms with van der Waals surface area (Å²) in [4.78, 5) is 0. The van der Waals surface area contributed by atoms with E-state index < -0.39 is 6.55 Å². The minimum absolute atomic E-state index is 0.0478. The molecule has 1 saturated heterocycles. The molecule has 0 aliphatic carbocycles. The Labute approximate surface area is 88.3 Å². The Kier molecular flexibility index (Phi) is 3.04. The zero-order valence-corrected chi connectivity index (χ0v) is 10.5. The van der Waals surface area contributed by atoms with Gasteiger partial charge in [-0.15, -0.1) is 0 Å².